The Bertz CT molecular complexity index is 452. The Hall–Kier alpha value is -1.36. The van der Waals surface area contributed by atoms with Crippen LogP contribution in [-0.4, -0.2) is 16.6 Å². The predicted molar refractivity (Wildman–Crippen MR) is 65.7 cm³/mol. The van der Waals surface area contributed by atoms with E-state index in [0.29, 0.717) is 36.2 Å². The van der Waals surface area contributed by atoms with E-state index in [9.17, 15) is 4.79 Å². The molecule has 94 valence electrons. The molecule has 5 nitrogen and oxygen atoms in total. The van der Waals surface area contributed by atoms with Crippen molar-refractivity contribution in [1.29, 1.82) is 0 Å². The van der Waals surface area contributed by atoms with Crippen molar-refractivity contribution in [2.45, 2.75) is 39.2 Å². The molecule has 0 radical (unpaired) electrons. The third kappa shape index (κ3) is 2.49. The highest BCUT2D eigenvalue weighted by Crippen LogP contribution is 2.42. The summed E-state index contributed by atoms with van der Waals surface area (Å²) in [5.74, 6) is 1.38. The highest BCUT2D eigenvalue weighted by atomic mass is 16.5. The Kier molecular flexibility index (Phi) is 3.47. The lowest BCUT2D eigenvalue weighted by Gasteiger charge is -2.16. The van der Waals surface area contributed by atoms with Crippen LogP contribution in [-0.2, 0) is 11.2 Å². The molecule has 1 aliphatic rings. The monoisotopic (exact) mass is 237 g/mol. The summed E-state index contributed by atoms with van der Waals surface area (Å²) in [6, 6.07) is 0. The molecule has 1 aromatic rings. The average Bonchev–Trinajstić information content (AvgIpc) is 3.09. The molecule has 0 saturated heterocycles. The zero-order valence-corrected chi connectivity index (χ0v) is 10.3. The third-order valence-electron chi connectivity index (χ3n) is 3.09. The Balaban J connectivity index is 2.34. The van der Waals surface area contributed by atoms with Gasteiger partial charge in [-0.15, -0.1) is 0 Å². The molecule has 0 amide bonds. The van der Waals surface area contributed by atoms with E-state index in [0.717, 1.165) is 12.8 Å². The van der Waals surface area contributed by atoms with Gasteiger partial charge >= 0.3 is 0 Å². The molecule has 5 heteroatoms. The molecule has 3 N–H and O–H groups in total. The lowest BCUT2D eigenvalue weighted by molar-refractivity contribution is 0.0399. The fourth-order valence-electron chi connectivity index (χ4n) is 2.03. The van der Waals surface area contributed by atoms with Gasteiger partial charge in [0.2, 0.25) is 0 Å². The van der Waals surface area contributed by atoms with Crippen LogP contribution < -0.4 is 11.3 Å². The summed E-state index contributed by atoms with van der Waals surface area (Å²) in [6.07, 6.45) is 2.74. The van der Waals surface area contributed by atoms with Crippen LogP contribution in [0.5, 0.6) is 0 Å². The van der Waals surface area contributed by atoms with Gasteiger partial charge in [0.1, 0.15) is 17.7 Å². The van der Waals surface area contributed by atoms with Gasteiger partial charge in [0.25, 0.3) is 5.56 Å². The maximum atomic E-state index is 11.8. The number of nitrogens with zero attached hydrogens (tertiary/aromatic N) is 1. The van der Waals surface area contributed by atoms with Gasteiger partial charge in [0.05, 0.1) is 5.56 Å². The molecule has 1 unspecified atom stereocenters. The van der Waals surface area contributed by atoms with Crippen molar-refractivity contribution < 1.29 is 4.74 Å². The average molecular weight is 237 g/mol. The van der Waals surface area contributed by atoms with Gasteiger partial charge in [-0.25, -0.2) is 4.98 Å². The molecule has 1 saturated carbocycles. The van der Waals surface area contributed by atoms with Gasteiger partial charge in [-0.2, -0.15) is 0 Å². The predicted octanol–water partition coefficient (Wildman–Crippen LogP) is 1.40. The van der Waals surface area contributed by atoms with Crippen LogP contribution in [0.1, 0.15) is 44.2 Å². The lowest BCUT2D eigenvalue weighted by Crippen LogP contribution is -2.22. The molecule has 0 bridgehead atoms. The number of aromatic amines is 1. The number of hydrogen-bond acceptors (Lipinski definition) is 4. The van der Waals surface area contributed by atoms with Gasteiger partial charge in [-0.1, -0.05) is 6.92 Å². The van der Waals surface area contributed by atoms with Crippen molar-refractivity contribution >= 4 is 5.82 Å². The molecule has 0 aromatic carbocycles. The van der Waals surface area contributed by atoms with Gasteiger partial charge in [0, 0.05) is 6.61 Å². The molecule has 2 rings (SSSR count). The second-order valence-corrected chi connectivity index (χ2v) is 4.38. The minimum Gasteiger partial charge on any atom is -0.383 e. The molecular formula is C12H19N3O2. The molecular weight excluding hydrogens is 218 g/mol. The number of hydrogen-bond donors (Lipinski definition) is 2. The third-order valence-corrected chi connectivity index (χ3v) is 3.09. The van der Waals surface area contributed by atoms with Crippen molar-refractivity contribution in [2.75, 3.05) is 12.3 Å². The second-order valence-electron chi connectivity index (χ2n) is 4.38. The molecule has 1 atom stereocenters. The Morgan fingerprint density at radius 2 is 2.24 bits per heavy atom. The fraction of sp³-hybridized carbons (Fsp3) is 0.667. The molecule has 1 fully saturated rings. The first-order valence-corrected chi connectivity index (χ1v) is 6.17. The topological polar surface area (TPSA) is 81.0 Å². The largest absolute Gasteiger partial charge is 0.383 e. The minimum atomic E-state index is -0.139. The summed E-state index contributed by atoms with van der Waals surface area (Å²) in [7, 11) is 0. The van der Waals surface area contributed by atoms with Crippen molar-refractivity contribution in [1.82, 2.24) is 9.97 Å². The number of ether oxygens (including phenoxy) is 1. The van der Waals surface area contributed by atoms with E-state index in [2.05, 4.69) is 9.97 Å². The van der Waals surface area contributed by atoms with Crippen LogP contribution in [0.15, 0.2) is 4.79 Å². The van der Waals surface area contributed by atoms with Gasteiger partial charge in [-0.3, -0.25) is 4.79 Å². The number of anilines is 1. The van der Waals surface area contributed by atoms with Crippen molar-refractivity contribution in [3.8, 4) is 0 Å². The van der Waals surface area contributed by atoms with Crippen molar-refractivity contribution in [3.63, 3.8) is 0 Å². The molecule has 1 aliphatic carbocycles. The SMILES string of the molecule is CCOC(c1nc(N)c(CC)c(=O)[nH]1)C1CC1. The standard InChI is InChI=1S/C12H19N3O2/c1-3-8-10(13)14-11(15-12(8)16)9(17-4-2)7-5-6-7/h7,9H,3-6H2,1-2H3,(H3,13,14,15,16). The van der Waals surface area contributed by atoms with Crippen LogP contribution in [0.25, 0.3) is 0 Å². The highest BCUT2D eigenvalue weighted by molar-refractivity contribution is 5.37. The van der Waals surface area contributed by atoms with E-state index in [1.165, 1.54) is 0 Å². The zero-order chi connectivity index (χ0) is 12.4. The smallest absolute Gasteiger partial charge is 0.256 e. The molecule has 17 heavy (non-hydrogen) atoms. The minimum absolute atomic E-state index is 0.110. The molecule has 0 aliphatic heterocycles. The van der Waals surface area contributed by atoms with E-state index in [1.54, 1.807) is 0 Å². The van der Waals surface area contributed by atoms with Gasteiger partial charge in [-0.05, 0) is 32.1 Å². The maximum Gasteiger partial charge on any atom is 0.256 e. The number of nitrogens with one attached hydrogen (secondary N) is 1. The summed E-state index contributed by atoms with van der Waals surface area (Å²) in [5.41, 5.74) is 6.22. The number of rotatable bonds is 5. The van der Waals surface area contributed by atoms with E-state index in [1.807, 2.05) is 13.8 Å². The number of aromatic nitrogens is 2. The summed E-state index contributed by atoms with van der Waals surface area (Å²) >= 11 is 0. The van der Waals surface area contributed by atoms with E-state index in [4.69, 9.17) is 10.5 Å². The van der Waals surface area contributed by atoms with Crippen LogP contribution in [0, 0.1) is 5.92 Å². The maximum absolute atomic E-state index is 11.8. The number of H-pyrrole nitrogens is 1. The summed E-state index contributed by atoms with van der Waals surface area (Å²) in [5, 5.41) is 0. The summed E-state index contributed by atoms with van der Waals surface area (Å²) in [6.45, 7) is 4.45. The normalized spacial score (nSPS) is 17.1. The number of nitrogens with two attached hydrogens (primary N) is 1. The van der Waals surface area contributed by atoms with E-state index in [-0.39, 0.29) is 11.7 Å². The van der Waals surface area contributed by atoms with E-state index >= 15 is 0 Å². The number of nitrogen functional groups attached to an aromatic ring is 1. The van der Waals surface area contributed by atoms with Crippen LogP contribution in [0.2, 0.25) is 0 Å². The second kappa shape index (κ2) is 4.87. The highest BCUT2D eigenvalue weighted by Gasteiger charge is 2.34. The lowest BCUT2D eigenvalue weighted by atomic mass is 10.2. The summed E-state index contributed by atoms with van der Waals surface area (Å²) in [4.78, 5) is 18.9. The molecule has 1 aromatic heterocycles. The Morgan fingerprint density at radius 1 is 1.53 bits per heavy atom. The molecule has 0 spiro atoms. The first-order valence-electron chi connectivity index (χ1n) is 6.17. The molecule has 1 heterocycles. The zero-order valence-electron chi connectivity index (χ0n) is 10.3. The Morgan fingerprint density at radius 3 is 2.71 bits per heavy atom. The van der Waals surface area contributed by atoms with Crippen molar-refractivity contribution in [2.24, 2.45) is 5.92 Å². The summed E-state index contributed by atoms with van der Waals surface area (Å²) < 4.78 is 5.65. The van der Waals surface area contributed by atoms with E-state index < -0.39 is 0 Å². The first kappa shape index (κ1) is 12.1. The van der Waals surface area contributed by atoms with Gasteiger partial charge < -0.3 is 15.5 Å². The van der Waals surface area contributed by atoms with Crippen LogP contribution in [0.4, 0.5) is 5.82 Å². The quantitative estimate of drug-likeness (QED) is 0.811. The van der Waals surface area contributed by atoms with Gasteiger partial charge in [0.15, 0.2) is 0 Å². The fourth-order valence-corrected chi connectivity index (χ4v) is 2.03. The van der Waals surface area contributed by atoms with Crippen molar-refractivity contribution in [3.05, 3.63) is 21.7 Å². The Labute approximate surface area is 100 Å². The van der Waals surface area contributed by atoms with Crippen LogP contribution in [0.3, 0.4) is 0 Å². The first-order chi connectivity index (χ1) is 8.17. The van der Waals surface area contributed by atoms with Crippen LogP contribution >= 0.6 is 0 Å².